The molecule has 2 aromatic rings. The summed E-state index contributed by atoms with van der Waals surface area (Å²) in [7, 11) is -3.28. The van der Waals surface area contributed by atoms with Crippen molar-refractivity contribution >= 4 is 15.7 Å². The first-order valence-electron chi connectivity index (χ1n) is 9.62. The van der Waals surface area contributed by atoms with Crippen LogP contribution in [0, 0.1) is 0 Å². The van der Waals surface area contributed by atoms with Gasteiger partial charge in [0.15, 0.2) is 9.84 Å². The molecule has 6 nitrogen and oxygen atoms in total. The van der Waals surface area contributed by atoms with Gasteiger partial charge in [-0.15, -0.1) is 0 Å². The number of hydrogen-bond acceptors (Lipinski definition) is 5. The molecule has 2 N–H and O–H groups in total. The van der Waals surface area contributed by atoms with E-state index in [2.05, 4.69) is 17.2 Å². The summed E-state index contributed by atoms with van der Waals surface area (Å²) in [6.07, 6.45) is 4.63. The first-order chi connectivity index (χ1) is 13.4. The van der Waals surface area contributed by atoms with Gasteiger partial charge in [-0.05, 0) is 48.6 Å². The van der Waals surface area contributed by atoms with Crippen molar-refractivity contribution in [1.29, 1.82) is 0 Å². The maximum absolute atomic E-state index is 12.7. The Bertz CT molecular complexity index is 955. The number of aliphatic hydroxyl groups excluding tert-OH is 1. The third-order valence-electron chi connectivity index (χ3n) is 5.41. The fourth-order valence-corrected chi connectivity index (χ4v) is 4.51. The third kappa shape index (κ3) is 4.10. The number of carbonyl (C=O) groups excluding carboxylic acids is 1. The van der Waals surface area contributed by atoms with E-state index in [0.29, 0.717) is 17.0 Å². The van der Waals surface area contributed by atoms with Crippen LogP contribution in [0.15, 0.2) is 41.4 Å². The molecular weight excluding hydrogens is 376 g/mol. The fraction of sp³-hybridized carbons (Fsp3) is 0.429. The van der Waals surface area contributed by atoms with Gasteiger partial charge in [-0.3, -0.25) is 9.78 Å². The van der Waals surface area contributed by atoms with Crippen LogP contribution in [0.2, 0.25) is 0 Å². The van der Waals surface area contributed by atoms with E-state index in [9.17, 15) is 18.3 Å². The Balaban J connectivity index is 1.75. The Morgan fingerprint density at radius 1 is 1.29 bits per heavy atom. The number of benzene rings is 1. The van der Waals surface area contributed by atoms with E-state index < -0.39 is 15.9 Å². The maximum atomic E-state index is 12.7. The van der Waals surface area contributed by atoms with Crippen LogP contribution in [0.25, 0.3) is 0 Å². The molecule has 1 aliphatic carbocycles. The number of aryl methyl sites for hydroxylation is 1. The summed E-state index contributed by atoms with van der Waals surface area (Å²) in [5, 5.41) is 12.5. The highest BCUT2D eigenvalue weighted by molar-refractivity contribution is 7.91. The van der Waals surface area contributed by atoms with Crippen LogP contribution < -0.4 is 5.32 Å². The lowest BCUT2D eigenvalue weighted by molar-refractivity contribution is 0.0915. The number of rotatable bonds is 7. The molecule has 1 aromatic heterocycles. The summed E-state index contributed by atoms with van der Waals surface area (Å²) in [4.78, 5) is 17.4. The molecule has 1 aromatic carbocycles. The normalized spacial score (nSPS) is 17.2. The highest BCUT2D eigenvalue weighted by atomic mass is 32.2. The second kappa shape index (κ2) is 8.41. The van der Waals surface area contributed by atoms with Crippen molar-refractivity contribution in [2.75, 3.05) is 12.4 Å². The molecule has 1 aliphatic rings. The number of carbonyl (C=O) groups is 1. The fourth-order valence-electron chi connectivity index (χ4n) is 3.63. The molecule has 28 heavy (non-hydrogen) atoms. The molecule has 150 valence electrons. The first kappa shape index (κ1) is 20.5. The van der Waals surface area contributed by atoms with E-state index in [1.54, 1.807) is 25.3 Å². The first-order valence-corrected chi connectivity index (χ1v) is 11.3. The molecule has 1 amide bonds. The molecule has 0 saturated carbocycles. The van der Waals surface area contributed by atoms with Crippen molar-refractivity contribution in [3.63, 3.8) is 0 Å². The second-order valence-electron chi connectivity index (χ2n) is 7.09. The number of nitrogens with one attached hydrogen (secondary N) is 1. The summed E-state index contributed by atoms with van der Waals surface area (Å²) in [5.41, 5.74) is 3.32. The average Bonchev–Trinajstić information content (AvgIpc) is 3.14. The van der Waals surface area contributed by atoms with Crippen LogP contribution in [0.5, 0.6) is 0 Å². The molecule has 0 fully saturated rings. The number of pyridine rings is 1. The molecule has 0 unspecified atom stereocenters. The van der Waals surface area contributed by atoms with Crippen LogP contribution in [0.4, 0.5) is 0 Å². The van der Waals surface area contributed by atoms with Gasteiger partial charge in [-0.1, -0.05) is 26.0 Å². The van der Waals surface area contributed by atoms with E-state index in [0.717, 1.165) is 30.5 Å². The van der Waals surface area contributed by atoms with Gasteiger partial charge in [0.25, 0.3) is 5.91 Å². The third-order valence-corrected chi connectivity index (χ3v) is 7.17. The van der Waals surface area contributed by atoms with Crippen molar-refractivity contribution in [1.82, 2.24) is 10.3 Å². The lowest BCUT2D eigenvalue weighted by Crippen LogP contribution is -2.31. The van der Waals surface area contributed by atoms with E-state index in [1.165, 1.54) is 12.1 Å². The number of nitrogens with zero attached hydrogens (tertiary/aromatic N) is 1. The predicted octanol–water partition coefficient (Wildman–Crippen LogP) is 2.78. The SMILES string of the molecule is CC[C@@H]1CCc2cc(C(=O)N[C@@H](CO)c3ccc(S(=O)(=O)CC)cc3)cnc21. The van der Waals surface area contributed by atoms with Crippen LogP contribution in [0.1, 0.15) is 65.8 Å². The van der Waals surface area contributed by atoms with Gasteiger partial charge in [0, 0.05) is 17.8 Å². The molecule has 2 atom stereocenters. The van der Waals surface area contributed by atoms with E-state index in [1.807, 2.05) is 6.07 Å². The van der Waals surface area contributed by atoms with Crippen molar-refractivity contribution < 1.29 is 18.3 Å². The molecule has 0 bridgehead atoms. The van der Waals surface area contributed by atoms with Crippen LogP contribution in [0.3, 0.4) is 0 Å². The number of aliphatic hydroxyl groups is 1. The lowest BCUT2D eigenvalue weighted by Gasteiger charge is -2.17. The smallest absolute Gasteiger partial charge is 0.253 e. The van der Waals surface area contributed by atoms with Gasteiger partial charge in [-0.2, -0.15) is 0 Å². The zero-order valence-corrected chi connectivity index (χ0v) is 17.0. The summed E-state index contributed by atoms with van der Waals surface area (Å²) >= 11 is 0. The molecule has 3 rings (SSSR count). The van der Waals surface area contributed by atoms with Crippen LogP contribution in [-0.4, -0.2) is 36.8 Å². The molecule has 1 heterocycles. The lowest BCUT2D eigenvalue weighted by atomic mass is 10.0. The maximum Gasteiger partial charge on any atom is 0.253 e. The highest BCUT2D eigenvalue weighted by Crippen LogP contribution is 2.34. The van der Waals surface area contributed by atoms with Crippen molar-refractivity contribution in [2.45, 2.75) is 50.0 Å². The van der Waals surface area contributed by atoms with Crippen LogP contribution in [-0.2, 0) is 16.3 Å². The Morgan fingerprint density at radius 3 is 2.61 bits per heavy atom. The highest BCUT2D eigenvalue weighted by Gasteiger charge is 2.24. The zero-order valence-electron chi connectivity index (χ0n) is 16.2. The molecule has 0 spiro atoms. The number of aromatic nitrogens is 1. The molecule has 0 radical (unpaired) electrons. The van der Waals surface area contributed by atoms with Crippen molar-refractivity contribution in [3.05, 3.63) is 58.9 Å². The Hall–Kier alpha value is -2.25. The van der Waals surface area contributed by atoms with E-state index in [4.69, 9.17) is 0 Å². The Kier molecular flexibility index (Phi) is 6.15. The number of amides is 1. The van der Waals surface area contributed by atoms with Crippen molar-refractivity contribution in [3.8, 4) is 0 Å². The average molecular weight is 403 g/mol. The Labute approximate surface area is 165 Å². The molecule has 7 heteroatoms. The van der Waals surface area contributed by atoms with Gasteiger partial charge in [0.05, 0.1) is 28.9 Å². The second-order valence-corrected chi connectivity index (χ2v) is 9.37. The van der Waals surface area contributed by atoms with E-state index >= 15 is 0 Å². The van der Waals surface area contributed by atoms with E-state index in [-0.39, 0.29) is 23.2 Å². The number of fused-ring (bicyclic) bond motifs is 1. The largest absolute Gasteiger partial charge is 0.394 e. The zero-order chi connectivity index (χ0) is 20.3. The minimum absolute atomic E-state index is 0.0245. The van der Waals surface area contributed by atoms with Gasteiger partial charge < -0.3 is 10.4 Å². The Morgan fingerprint density at radius 2 is 2.00 bits per heavy atom. The summed E-state index contributed by atoms with van der Waals surface area (Å²) in [6, 6.07) is 7.52. The van der Waals surface area contributed by atoms with Gasteiger partial charge in [0.2, 0.25) is 0 Å². The molecule has 0 aliphatic heterocycles. The topological polar surface area (TPSA) is 96.4 Å². The van der Waals surface area contributed by atoms with Gasteiger partial charge in [0.1, 0.15) is 0 Å². The van der Waals surface area contributed by atoms with Crippen LogP contribution >= 0.6 is 0 Å². The number of hydrogen-bond donors (Lipinski definition) is 2. The summed E-state index contributed by atoms with van der Waals surface area (Å²) in [5.74, 6) is 0.186. The van der Waals surface area contributed by atoms with Crippen molar-refractivity contribution in [2.24, 2.45) is 0 Å². The molecule has 0 saturated heterocycles. The monoisotopic (exact) mass is 402 g/mol. The summed E-state index contributed by atoms with van der Waals surface area (Å²) in [6.45, 7) is 3.44. The number of sulfone groups is 1. The quantitative estimate of drug-likeness (QED) is 0.742. The van der Waals surface area contributed by atoms with Gasteiger partial charge in [-0.25, -0.2) is 8.42 Å². The minimum atomic E-state index is -3.28. The molecular formula is C21H26N2O4S. The van der Waals surface area contributed by atoms with Gasteiger partial charge >= 0.3 is 0 Å². The summed E-state index contributed by atoms with van der Waals surface area (Å²) < 4.78 is 23.9. The minimum Gasteiger partial charge on any atom is -0.394 e. The standard InChI is InChI=1S/C21H26N2O4S/c1-3-14-5-6-16-11-17(12-22-20(14)16)21(25)23-19(13-24)15-7-9-18(10-8-15)28(26,27)4-2/h7-12,14,19,24H,3-6,13H2,1-2H3,(H,23,25)/t14-,19+/m1/s1. The predicted molar refractivity (Wildman–Crippen MR) is 107 cm³/mol.